The van der Waals surface area contributed by atoms with Crippen LogP contribution >= 0.6 is 0 Å². The van der Waals surface area contributed by atoms with E-state index in [9.17, 15) is 19.5 Å². The quantitative estimate of drug-likeness (QED) is 0.476. The number of carboxylic acid groups (broad SMARTS) is 1. The van der Waals surface area contributed by atoms with Crippen LogP contribution in [0.2, 0.25) is 0 Å². The maximum absolute atomic E-state index is 12.8. The summed E-state index contributed by atoms with van der Waals surface area (Å²) < 4.78 is 15.9. The molecule has 1 fully saturated rings. The van der Waals surface area contributed by atoms with Gasteiger partial charge in [-0.1, -0.05) is 48.5 Å². The molecule has 4 rings (SSSR count). The number of ether oxygens (including phenoxy) is 3. The molecule has 0 aromatic heterocycles. The van der Waals surface area contributed by atoms with Crippen LogP contribution in [0.4, 0.5) is 4.79 Å². The van der Waals surface area contributed by atoms with Crippen LogP contribution in [0.5, 0.6) is 0 Å². The van der Waals surface area contributed by atoms with Gasteiger partial charge in [0.1, 0.15) is 12.6 Å². The van der Waals surface area contributed by atoms with E-state index in [2.05, 4.69) is 22.8 Å². The number of nitrogens with one attached hydrogen (secondary N) is 2. The predicted molar refractivity (Wildman–Crippen MR) is 127 cm³/mol. The molecule has 3 unspecified atom stereocenters. The van der Waals surface area contributed by atoms with Crippen molar-refractivity contribution in [3.8, 4) is 11.1 Å². The molecule has 2 amide bonds. The Morgan fingerprint density at radius 3 is 2.37 bits per heavy atom. The molecule has 35 heavy (non-hydrogen) atoms. The summed E-state index contributed by atoms with van der Waals surface area (Å²) in [5.74, 6) is -1.88. The van der Waals surface area contributed by atoms with Crippen molar-refractivity contribution in [2.24, 2.45) is 5.92 Å². The molecule has 9 heteroatoms. The lowest BCUT2D eigenvalue weighted by Gasteiger charge is -2.21. The second-order valence-electron chi connectivity index (χ2n) is 8.73. The minimum atomic E-state index is -1.05. The Bertz CT molecular complexity index is 1030. The predicted octanol–water partition coefficient (Wildman–Crippen LogP) is 2.54. The van der Waals surface area contributed by atoms with Gasteiger partial charge < -0.3 is 30.0 Å². The number of amides is 2. The van der Waals surface area contributed by atoms with E-state index in [0.717, 1.165) is 22.3 Å². The van der Waals surface area contributed by atoms with Gasteiger partial charge in [0.2, 0.25) is 5.91 Å². The van der Waals surface area contributed by atoms with Gasteiger partial charge in [0, 0.05) is 45.1 Å². The summed E-state index contributed by atoms with van der Waals surface area (Å²) >= 11 is 0. The monoisotopic (exact) mass is 482 g/mol. The lowest BCUT2D eigenvalue weighted by atomic mass is 9.98. The normalized spacial score (nSPS) is 19.5. The van der Waals surface area contributed by atoms with Crippen LogP contribution in [0, 0.1) is 5.92 Å². The van der Waals surface area contributed by atoms with Gasteiger partial charge >= 0.3 is 12.1 Å². The molecule has 2 aliphatic rings. The fraction of sp³-hybridized carbons (Fsp3) is 0.423. The molecular weight excluding hydrogens is 452 g/mol. The number of methoxy groups -OCH3 is 1. The molecule has 1 aliphatic carbocycles. The molecule has 9 nitrogen and oxygen atoms in total. The summed E-state index contributed by atoms with van der Waals surface area (Å²) in [6.45, 7) is 0.873. The maximum atomic E-state index is 12.8. The van der Waals surface area contributed by atoms with E-state index in [-0.39, 0.29) is 38.0 Å². The molecule has 186 valence electrons. The van der Waals surface area contributed by atoms with Crippen LogP contribution in [0.3, 0.4) is 0 Å². The van der Waals surface area contributed by atoms with E-state index >= 15 is 0 Å². The molecule has 2 aromatic carbocycles. The van der Waals surface area contributed by atoms with E-state index in [1.54, 1.807) is 0 Å². The van der Waals surface area contributed by atoms with Crippen molar-refractivity contribution in [2.75, 3.05) is 33.5 Å². The van der Waals surface area contributed by atoms with Crippen LogP contribution in [0.1, 0.15) is 29.9 Å². The summed E-state index contributed by atoms with van der Waals surface area (Å²) in [6.07, 6.45) is -0.853. The largest absolute Gasteiger partial charge is 0.479 e. The number of rotatable bonds is 10. The Labute approximate surface area is 203 Å². The van der Waals surface area contributed by atoms with Crippen molar-refractivity contribution >= 4 is 18.0 Å². The number of carboxylic acids is 1. The summed E-state index contributed by atoms with van der Waals surface area (Å²) in [5, 5.41) is 14.6. The zero-order chi connectivity index (χ0) is 24.8. The second-order valence-corrected chi connectivity index (χ2v) is 8.73. The third-order valence-corrected chi connectivity index (χ3v) is 6.56. The van der Waals surface area contributed by atoms with Crippen LogP contribution in [-0.2, 0) is 23.8 Å². The first-order valence-electron chi connectivity index (χ1n) is 11.7. The fourth-order valence-electron chi connectivity index (χ4n) is 4.76. The van der Waals surface area contributed by atoms with Gasteiger partial charge in [-0.2, -0.15) is 0 Å². The molecule has 0 saturated carbocycles. The first kappa shape index (κ1) is 24.7. The fourth-order valence-corrected chi connectivity index (χ4v) is 4.76. The Morgan fingerprint density at radius 2 is 1.74 bits per heavy atom. The number of alkyl carbamates (subject to hydrolysis) is 1. The molecule has 0 radical (unpaired) electrons. The van der Waals surface area contributed by atoms with Crippen molar-refractivity contribution in [1.82, 2.24) is 10.6 Å². The van der Waals surface area contributed by atoms with Gasteiger partial charge in [-0.3, -0.25) is 4.79 Å². The van der Waals surface area contributed by atoms with Crippen molar-refractivity contribution in [2.45, 2.75) is 30.9 Å². The second kappa shape index (κ2) is 11.3. The van der Waals surface area contributed by atoms with Crippen molar-refractivity contribution in [3.05, 3.63) is 59.7 Å². The van der Waals surface area contributed by atoms with E-state index in [1.165, 1.54) is 7.11 Å². The van der Waals surface area contributed by atoms with Gasteiger partial charge in [-0.05, 0) is 28.7 Å². The molecule has 0 spiro atoms. The number of carbonyl (C=O) groups excluding carboxylic acids is 2. The summed E-state index contributed by atoms with van der Waals surface area (Å²) in [6, 6.07) is 15.2. The highest BCUT2D eigenvalue weighted by molar-refractivity contribution is 5.86. The highest BCUT2D eigenvalue weighted by Gasteiger charge is 2.35. The van der Waals surface area contributed by atoms with Crippen LogP contribution < -0.4 is 10.6 Å². The van der Waals surface area contributed by atoms with Gasteiger partial charge in [0.25, 0.3) is 0 Å². The summed E-state index contributed by atoms with van der Waals surface area (Å²) in [5.41, 5.74) is 4.46. The average Bonchev–Trinajstić information content (AvgIpc) is 3.47. The number of aliphatic carboxylic acids is 1. The summed E-state index contributed by atoms with van der Waals surface area (Å²) in [7, 11) is 1.51. The van der Waals surface area contributed by atoms with Gasteiger partial charge in [-0.25, -0.2) is 9.59 Å². The Morgan fingerprint density at radius 1 is 1.09 bits per heavy atom. The SMILES string of the molecule is COCCC(NC(=O)OCC1c2ccccc2-c2ccccc21)C(=O)NCC1CCOC1C(=O)O. The maximum Gasteiger partial charge on any atom is 0.407 e. The molecule has 1 saturated heterocycles. The van der Waals surface area contributed by atoms with Gasteiger partial charge in [0.05, 0.1) is 0 Å². The van der Waals surface area contributed by atoms with Crippen molar-refractivity contribution < 1.29 is 33.7 Å². The lowest BCUT2D eigenvalue weighted by molar-refractivity contribution is -0.149. The van der Waals surface area contributed by atoms with Crippen LogP contribution in [0.15, 0.2) is 48.5 Å². The Hall–Kier alpha value is -3.43. The Balaban J connectivity index is 1.35. The molecule has 3 N–H and O–H groups in total. The number of fused-ring (bicyclic) bond motifs is 3. The van der Waals surface area contributed by atoms with Crippen molar-refractivity contribution in [3.63, 3.8) is 0 Å². The van der Waals surface area contributed by atoms with Crippen LogP contribution in [-0.4, -0.2) is 68.7 Å². The summed E-state index contributed by atoms with van der Waals surface area (Å²) in [4.78, 5) is 36.7. The van der Waals surface area contributed by atoms with Gasteiger partial charge in [0.15, 0.2) is 6.10 Å². The average molecular weight is 483 g/mol. The molecule has 2 aromatic rings. The third kappa shape index (κ3) is 5.63. The number of carbonyl (C=O) groups is 3. The molecule has 0 bridgehead atoms. The van der Waals surface area contributed by atoms with E-state index < -0.39 is 30.1 Å². The van der Waals surface area contributed by atoms with Crippen molar-refractivity contribution in [1.29, 1.82) is 0 Å². The number of hydrogen-bond acceptors (Lipinski definition) is 6. The first-order valence-corrected chi connectivity index (χ1v) is 11.7. The van der Waals surface area contributed by atoms with E-state index in [4.69, 9.17) is 14.2 Å². The topological polar surface area (TPSA) is 123 Å². The number of benzene rings is 2. The minimum Gasteiger partial charge on any atom is -0.479 e. The Kier molecular flexibility index (Phi) is 7.99. The minimum absolute atomic E-state index is 0.0882. The van der Waals surface area contributed by atoms with E-state index in [1.807, 2.05) is 36.4 Å². The molecule has 3 atom stereocenters. The zero-order valence-electron chi connectivity index (χ0n) is 19.6. The third-order valence-electron chi connectivity index (χ3n) is 6.56. The van der Waals surface area contributed by atoms with E-state index in [0.29, 0.717) is 13.0 Å². The van der Waals surface area contributed by atoms with Crippen LogP contribution in [0.25, 0.3) is 11.1 Å². The zero-order valence-corrected chi connectivity index (χ0v) is 19.6. The standard InChI is InChI=1S/C26H30N2O7/c1-33-12-11-22(24(29)27-14-16-10-13-34-23(16)25(30)31)28-26(32)35-15-21-19-8-4-2-6-17(19)18-7-3-5-9-20(18)21/h2-9,16,21-23H,10-15H2,1H3,(H,27,29)(H,28,32)(H,30,31). The highest BCUT2D eigenvalue weighted by Crippen LogP contribution is 2.44. The highest BCUT2D eigenvalue weighted by atomic mass is 16.5. The number of hydrogen-bond donors (Lipinski definition) is 3. The molecule has 1 heterocycles. The van der Waals surface area contributed by atoms with Gasteiger partial charge in [-0.15, -0.1) is 0 Å². The molecule has 1 aliphatic heterocycles. The smallest absolute Gasteiger partial charge is 0.407 e. The lowest BCUT2D eigenvalue weighted by Crippen LogP contribution is -2.49. The first-order chi connectivity index (χ1) is 17.0. The molecular formula is C26H30N2O7.